The number of hydrogen-bond acceptors (Lipinski definition) is 5. The Balaban J connectivity index is 1.28. The minimum Gasteiger partial charge on any atom is -0.334 e. The van der Waals surface area contributed by atoms with Crippen LogP contribution in [0.1, 0.15) is 12.0 Å². The molecule has 3 aromatic carbocycles. The van der Waals surface area contributed by atoms with E-state index >= 15 is 0 Å². The number of aryl methyl sites for hydroxylation is 1. The zero-order valence-electron chi connectivity index (χ0n) is 18.1. The molecule has 1 N–H and O–H groups in total. The summed E-state index contributed by atoms with van der Waals surface area (Å²) >= 11 is 0. The van der Waals surface area contributed by atoms with Gasteiger partial charge < -0.3 is 14.7 Å². The molecule has 1 aromatic heterocycles. The van der Waals surface area contributed by atoms with Crippen LogP contribution in [0.4, 0.5) is 11.4 Å². The van der Waals surface area contributed by atoms with Crippen molar-refractivity contribution in [2.24, 2.45) is 5.92 Å². The van der Waals surface area contributed by atoms with Crippen LogP contribution in [-0.4, -0.2) is 28.5 Å². The second-order valence-corrected chi connectivity index (χ2v) is 8.10. The van der Waals surface area contributed by atoms with Crippen LogP contribution < -0.4 is 10.2 Å². The Bertz CT molecular complexity index is 1300. The summed E-state index contributed by atoms with van der Waals surface area (Å²) in [5, 5.41) is 6.98. The molecular formula is C26H22N4O3. The molecule has 4 aromatic rings. The monoisotopic (exact) mass is 438 g/mol. The first kappa shape index (κ1) is 20.6. The average Bonchev–Trinajstić information content (AvgIpc) is 3.48. The number of rotatable bonds is 5. The van der Waals surface area contributed by atoms with E-state index in [9.17, 15) is 9.59 Å². The topological polar surface area (TPSA) is 88.3 Å². The van der Waals surface area contributed by atoms with Crippen molar-refractivity contribution in [3.63, 3.8) is 0 Å². The van der Waals surface area contributed by atoms with E-state index in [4.69, 9.17) is 4.52 Å². The number of nitrogens with zero attached hydrogens (tertiary/aromatic N) is 3. The molecule has 0 aliphatic carbocycles. The number of amides is 2. The highest BCUT2D eigenvalue weighted by atomic mass is 16.5. The predicted molar refractivity (Wildman–Crippen MR) is 125 cm³/mol. The lowest BCUT2D eigenvalue weighted by Gasteiger charge is -2.17. The fourth-order valence-corrected chi connectivity index (χ4v) is 3.88. The second-order valence-electron chi connectivity index (χ2n) is 8.10. The third kappa shape index (κ3) is 4.39. The number of carbonyl (C=O) groups is 2. The number of anilines is 2. The van der Waals surface area contributed by atoms with Gasteiger partial charge in [0.25, 0.3) is 5.89 Å². The van der Waals surface area contributed by atoms with Gasteiger partial charge in [0, 0.05) is 35.5 Å². The van der Waals surface area contributed by atoms with E-state index in [0.717, 1.165) is 16.8 Å². The molecule has 0 radical (unpaired) electrons. The van der Waals surface area contributed by atoms with Gasteiger partial charge in [0.2, 0.25) is 17.6 Å². The fourth-order valence-electron chi connectivity index (χ4n) is 3.88. The SMILES string of the molecule is Cc1ccc(N2C[C@H](C(=O)Nc3cccc(-c4nc(-c5ccccc5)no4)c3)CC2=O)cc1. The first-order valence-corrected chi connectivity index (χ1v) is 10.7. The molecule has 164 valence electrons. The van der Waals surface area contributed by atoms with E-state index in [2.05, 4.69) is 15.5 Å². The molecule has 5 rings (SSSR count). The number of carbonyl (C=O) groups excluding carboxylic acids is 2. The Morgan fingerprint density at radius 2 is 1.76 bits per heavy atom. The lowest BCUT2D eigenvalue weighted by atomic mass is 10.1. The van der Waals surface area contributed by atoms with Crippen molar-refractivity contribution in [3.8, 4) is 22.8 Å². The van der Waals surface area contributed by atoms with Gasteiger partial charge in [-0.2, -0.15) is 4.98 Å². The lowest BCUT2D eigenvalue weighted by molar-refractivity contribution is -0.122. The molecule has 0 saturated carbocycles. The summed E-state index contributed by atoms with van der Waals surface area (Å²) < 4.78 is 5.43. The Hall–Kier alpha value is -4.26. The molecule has 1 atom stereocenters. The molecule has 2 heterocycles. The van der Waals surface area contributed by atoms with E-state index in [1.807, 2.05) is 73.7 Å². The number of aromatic nitrogens is 2. The highest BCUT2D eigenvalue weighted by molar-refractivity contribution is 6.03. The van der Waals surface area contributed by atoms with E-state index in [0.29, 0.717) is 29.5 Å². The largest absolute Gasteiger partial charge is 0.334 e. The molecule has 1 aliphatic rings. The normalized spacial score (nSPS) is 15.6. The minimum atomic E-state index is -0.421. The minimum absolute atomic E-state index is 0.0490. The Morgan fingerprint density at radius 1 is 1.00 bits per heavy atom. The van der Waals surface area contributed by atoms with Crippen LogP contribution in [0.5, 0.6) is 0 Å². The van der Waals surface area contributed by atoms with Gasteiger partial charge in [0.15, 0.2) is 0 Å². The van der Waals surface area contributed by atoms with Gasteiger partial charge in [-0.15, -0.1) is 0 Å². The van der Waals surface area contributed by atoms with Crippen molar-refractivity contribution in [2.45, 2.75) is 13.3 Å². The van der Waals surface area contributed by atoms with Crippen LogP contribution >= 0.6 is 0 Å². The molecule has 2 amide bonds. The molecular weight excluding hydrogens is 416 g/mol. The maximum Gasteiger partial charge on any atom is 0.258 e. The highest BCUT2D eigenvalue weighted by Gasteiger charge is 2.35. The van der Waals surface area contributed by atoms with Crippen molar-refractivity contribution >= 4 is 23.2 Å². The molecule has 7 heteroatoms. The van der Waals surface area contributed by atoms with Crippen LogP contribution in [-0.2, 0) is 9.59 Å². The lowest BCUT2D eigenvalue weighted by Crippen LogP contribution is -2.28. The maximum atomic E-state index is 12.9. The molecule has 1 fully saturated rings. The first-order chi connectivity index (χ1) is 16.1. The van der Waals surface area contributed by atoms with Crippen molar-refractivity contribution < 1.29 is 14.1 Å². The van der Waals surface area contributed by atoms with E-state index in [1.165, 1.54) is 0 Å². The summed E-state index contributed by atoms with van der Waals surface area (Å²) in [6, 6.07) is 24.5. The van der Waals surface area contributed by atoms with Crippen molar-refractivity contribution in [1.82, 2.24) is 10.1 Å². The molecule has 0 unspecified atom stereocenters. The standard InChI is InChI=1S/C26H22N4O3/c1-17-10-12-22(13-11-17)30-16-20(15-23(30)31)25(32)27-21-9-5-8-19(14-21)26-28-24(29-33-26)18-6-3-2-4-7-18/h2-14,20H,15-16H2,1H3,(H,27,32)/t20-/m1/s1. The first-order valence-electron chi connectivity index (χ1n) is 10.7. The fraction of sp³-hybridized carbons (Fsp3) is 0.154. The van der Waals surface area contributed by atoms with Crippen molar-refractivity contribution in [3.05, 3.63) is 84.4 Å². The average molecular weight is 438 g/mol. The number of benzene rings is 3. The van der Waals surface area contributed by atoms with Crippen LogP contribution in [0.25, 0.3) is 22.8 Å². The smallest absolute Gasteiger partial charge is 0.258 e. The van der Waals surface area contributed by atoms with Gasteiger partial charge in [-0.05, 0) is 37.3 Å². The summed E-state index contributed by atoms with van der Waals surface area (Å²) in [7, 11) is 0. The predicted octanol–water partition coefficient (Wildman–Crippen LogP) is 4.70. The molecule has 1 saturated heterocycles. The van der Waals surface area contributed by atoms with Crippen molar-refractivity contribution in [1.29, 1.82) is 0 Å². The summed E-state index contributed by atoms with van der Waals surface area (Å²) in [6.45, 7) is 2.36. The zero-order valence-corrected chi connectivity index (χ0v) is 18.1. The third-order valence-electron chi connectivity index (χ3n) is 5.68. The summed E-state index contributed by atoms with van der Waals surface area (Å²) in [5.74, 6) is 0.209. The Morgan fingerprint density at radius 3 is 2.55 bits per heavy atom. The zero-order chi connectivity index (χ0) is 22.8. The molecule has 0 spiro atoms. The van der Waals surface area contributed by atoms with Crippen molar-refractivity contribution in [2.75, 3.05) is 16.8 Å². The van der Waals surface area contributed by atoms with E-state index < -0.39 is 5.92 Å². The molecule has 33 heavy (non-hydrogen) atoms. The molecule has 7 nitrogen and oxygen atoms in total. The van der Waals surface area contributed by atoms with Gasteiger partial charge >= 0.3 is 0 Å². The quantitative estimate of drug-likeness (QED) is 0.488. The van der Waals surface area contributed by atoms with Gasteiger partial charge in [0.1, 0.15) is 0 Å². The summed E-state index contributed by atoms with van der Waals surface area (Å²) in [4.78, 5) is 31.5. The number of hydrogen-bond donors (Lipinski definition) is 1. The Labute approximate surface area is 191 Å². The molecule has 0 bridgehead atoms. The van der Waals surface area contributed by atoms with E-state index in [1.54, 1.807) is 17.0 Å². The summed E-state index contributed by atoms with van der Waals surface area (Å²) in [5.41, 5.74) is 4.11. The maximum absolute atomic E-state index is 12.9. The summed E-state index contributed by atoms with van der Waals surface area (Å²) in [6.07, 6.45) is 0.184. The third-order valence-corrected chi connectivity index (χ3v) is 5.68. The van der Waals surface area contributed by atoms with Gasteiger partial charge in [-0.25, -0.2) is 0 Å². The second kappa shape index (κ2) is 8.70. The highest BCUT2D eigenvalue weighted by Crippen LogP contribution is 2.28. The Kier molecular flexibility index (Phi) is 5.44. The van der Waals surface area contributed by atoms with Gasteiger partial charge in [-0.3, -0.25) is 9.59 Å². The molecule has 1 aliphatic heterocycles. The number of nitrogens with one attached hydrogen (secondary N) is 1. The van der Waals surface area contributed by atoms with Gasteiger partial charge in [0.05, 0.1) is 5.92 Å². The van der Waals surface area contributed by atoms with Gasteiger partial charge in [-0.1, -0.05) is 59.3 Å². The van der Waals surface area contributed by atoms with Crippen LogP contribution in [0.3, 0.4) is 0 Å². The van der Waals surface area contributed by atoms with Crippen LogP contribution in [0.15, 0.2) is 83.4 Å². The van der Waals surface area contributed by atoms with Crippen LogP contribution in [0, 0.1) is 12.8 Å². The van der Waals surface area contributed by atoms with Crippen LogP contribution in [0.2, 0.25) is 0 Å². The van der Waals surface area contributed by atoms with E-state index in [-0.39, 0.29) is 18.2 Å².